The topological polar surface area (TPSA) is 20.3 Å². The lowest BCUT2D eigenvalue weighted by atomic mass is 10.1. The van der Waals surface area contributed by atoms with E-state index in [0.717, 1.165) is 24.8 Å². The number of amides is 1. The Hall–Kier alpha value is -2.16. The summed E-state index contributed by atoms with van der Waals surface area (Å²) in [7, 11) is 0. The molecule has 23 heavy (non-hydrogen) atoms. The van der Waals surface area contributed by atoms with Gasteiger partial charge in [-0.2, -0.15) is 0 Å². The van der Waals surface area contributed by atoms with Crippen LogP contribution in [0.25, 0.3) is 0 Å². The second-order valence-corrected chi connectivity index (χ2v) is 6.68. The number of halogens is 1. The Balaban J connectivity index is 1.46. The van der Waals surface area contributed by atoms with Crippen LogP contribution in [0.4, 0.5) is 4.39 Å². The zero-order valence-electron chi connectivity index (χ0n) is 13.0. The molecule has 2 nitrogen and oxygen atoms in total. The molecule has 4 rings (SSSR count). The highest BCUT2D eigenvalue weighted by Gasteiger charge is 2.48. The van der Waals surface area contributed by atoms with Crippen LogP contribution in [0.15, 0.2) is 54.6 Å². The van der Waals surface area contributed by atoms with Gasteiger partial charge in [0.05, 0.1) is 0 Å². The lowest BCUT2D eigenvalue weighted by molar-refractivity contribution is -0.133. The molecule has 2 unspecified atom stereocenters. The monoisotopic (exact) mass is 309 g/mol. The summed E-state index contributed by atoms with van der Waals surface area (Å²) in [4.78, 5) is 15.0. The second-order valence-electron chi connectivity index (χ2n) is 6.68. The lowest BCUT2D eigenvalue weighted by Gasteiger charge is -2.23. The molecule has 0 spiro atoms. The van der Waals surface area contributed by atoms with E-state index in [1.54, 1.807) is 0 Å². The van der Waals surface area contributed by atoms with Gasteiger partial charge in [0, 0.05) is 18.5 Å². The third-order valence-electron chi connectivity index (χ3n) is 4.87. The summed E-state index contributed by atoms with van der Waals surface area (Å²) in [6, 6.07) is 17.2. The van der Waals surface area contributed by atoms with Gasteiger partial charge in [0.15, 0.2) is 0 Å². The summed E-state index contributed by atoms with van der Waals surface area (Å²) >= 11 is 0. The minimum absolute atomic E-state index is 0.0739. The number of carbonyl (C=O) groups is 1. The van der Waals surface area contributed by atoms with Crippen molar-refractivity contribution in [2.45, 2.75) is 37.8 Å². The number of carbonyl (C=O) groups excluding carboxylic acids is 1. The van der Waals surface area contributed by atoms with Gasteiger partial charge in [-0.25, -0.2) is 4.39 Å². The normalized spacial score (nSPS) is 22.7. The SMILES string of the molecule is O=C(C1CC1c1ccc(F)cc1)N(Cc1ccccc1)C1CC1. The smallest absolute Gasteiger partial charge is 0.226 e. The molecule has 0 aromatic heterocycles. The maximum absolute atomic E-state index is 13.0. The van der Waals surface area contributed by atoms with E-state index in [1.165, 1.54) is 17.7 Å². The minimum Gasteiger partial charge on any atom is -0.335 e. The van der Waals surface area contributed by atoms with Crippen LogP contribution < -0.4 is 0 Å². The van der Waals surface area contributed by atoms with Crippen molar-refractivity contribution in [1.82, 2.24) is 4.90 Å². The minimum atomic E-state index is -0.221. The van der Waals surface area contributed by atoms with Crippen molar-refractivity contribution in [3.63, 3.8) is 0 Å². The van der Waals surface area contributed by atoms with Crippen molar-refractivity contribution in [2.24, 2.45) is 5.92 Å². The maximum atomic E-state index is 13.0. The van der Waals surface area contributed by atoms with E-state index >= 15 is 0 Å². The van der Waals surface area contributed by atoms with Gasteiger partial charge in [0.2, 0.25) is 5.91 Å². The van der Waals surface area contributed by atoms with Crippen LogP contribution in [0.3, 0.4) is 0 Å². The molecule has 2 aromatic carbocycles. The summed E-state index contributed by atoms with van der Waals surface area (Å²) in [5.74, 6) is 0.386. The van der Waals surface area contributed by atoms with E-state index in [9.17, 15) is 9.18 Å². The van der Waals surface area contributed by atoms with Crippen molar-refractivity contribution in [1.29, 1.82) is 0 Å². The van der Waals surface area contributed by atoms with E-state index in [1.807, 2.05) is 30.3 Å². The third kappa shape index (κ3) is 3.14. The van der Waals surface area contributed by atoms with Gasteiger partial charge in [0.25, 0.3) is 0 Å². The molecule has 118 valence electrons. The molecular weight excluding hydrogens is 289 g/mol. The molecule has 2 fully saturated rings. The van der Waals surface area contributed by atoms with Gasteiger partial charge in [-0.05, 0) is 48.4 Å². The van der Waals surface area contributed by atoms with Gasteiger partial charge < -0.3 is 4.90 Å². The summed E-state index contributed by atoms with van der Waals surface area (Å²) in [5, 5.41) is 0. The average Bonchev–Trinajstić information content (AvgIpc) is 3.47. The van der Waals surface area contributed by atoms with Crippen LogP contribution >= 0.6 is 0 Å². The van der Waals surface area contributed by atoms with Crippen molar-refractivity contribution in [2.75, 3.05) is 0 Å². The number of nitrogens with zero attached hydrogens (tertiary/aromatic N) is 1. The Bertz CT molecular complexity index is 693. The van der Waals surface area contributed by atoms with Gasteiger partial charge in [-0.3, -0.25) is 4.79 Å². The predicted octanol–water partition coefficient (Wildman–Crippen LogP) is 4.12. The van der Waals surface area contributed by atoms with Crippen molar-refractivity contribution < 1.29 is 9.18 Å². The van der Waals surface area contributed by atoms with E-state index in [0.29, 0.717) is 12.6 Å². The van der Waals surface area contributed by atoms with Crippen molar-refractivity contribution in [3.05, 3.63) is 71.5 Å². The van der Waals surface area contributed by atoms with Crippen LogP contribution in [-0.2, 0) is 11.3 Å². The lowest BCUT2D eigenvalue weighted by Crippen LogP contribution is -2.34. The zero-order chi connectivity index (χ0) is 15.8. The highest BCUT2D eigenvalue weighted by atomic mass is 19.1. The fourth-order valence-corrected chi connectivity index (χ4v) is 3.31. The average molecular weight is 309 g/mol. The Labute approximate surface area is 135 Å². The molecule has 0 saturated heterocycles. The zero-order valence-corrected chi connectivity index (χ0v) is 13.0. The van der Waals surface area contributed by atoms with Gasteiger partial charge in [-0.15, -0.1) is 0 Å². The Morgan fingerprint density at radius 2 is 1.74 bits per heavy atom. The number of rotatable bonds is 5. The standard InChI is InChI=1S/C20H20FNO/c21-16-8-6-15(7-9-16)18-12-19(18)20(23)22(17-10-11-17)13-14-4-2-1-3-5-14/h1-9,17-19H,10-13H2. The second kappa shape index (κ2) is 5.80. The summed E-state index contributed by atoms with van der Waals surface area (Å²) in [5.41, 5.74) is 2.27. The third-order valence-corrected chi connectivity index (χ3v) is 4.87. The highest BCUT2D eigenvalue weighted by molar-refractivity contribution is 5.83. The molecule has 0 N–H and O–H groups in total. The first-order valence-electron chi connectivity index (χ1n) is 8.32. The summed E-state index contributed by atoms with van der Waals surface area (Å²) in [6.07, 6.45) is 3.13. The molecule has 0 bridgehead atoms. The molecule has 2 atom stereocenters. The molecular formula is C20H20FNO. The molecule has 2 aromatic rings. The molecule has 0 heterocycles. The summed E-state index contributed by atoms with van der Waals surface area (Å²) < 4.78 is 13.0. The number of hydrogen-bond donors (Lipinski definition) is 0. The first-order valence-corrected chi connectivity index (χ1v) is 8.32. The van der Waals surface area contributed by atoms with Gasteiger partial charge >= 0.3 is 0 Å². The molecule has 3 heteroatoms. The Morgan fingerprint density at radius 3 is 2.39 bits per heavy atom. The quantitative estimate of drug-likeness (QED) is 0.813. The first-order chi connectivity index (χ1) is 11.2. The highest BCUT2D eigenvalue weighted by Crippen LogP contribution is 2.49. The van der Waals surface area contributed by atoms with Crippen LogP contribution in [0.2, 0.25) is 0 Å². The Kier molecular flexibility index (Phi) is 3.64. The van der Waals surface area contributed by atoms with E-state index in [4.69, 9.17) is 0 Å². The summed E-state index contributed by atoms with van der Waals surface area (Å²) in [6.45, 7) is 0.705. The van der Waals surface area contributed by atoms with Crippen LogP contribution in [-0.4, -0.2) is 16.8 Å². The fourth-order valence-electron chi connectivity index (χ4n) is 3.31. The molecule has 2 aliphatic rings. The molecule has 1 amide bonds. The first kappa shape index (κ1) is 14.4. The van der Waals surface area contributed by atoms with Gasteiger partial charge in [0.1, 0.15) is 5.82 Å². The molecule has 2 saturated carbocycles. The Morgan fingerprint density at radius 1 is 1.04 bits per heavy atom. The van der Waals surface area contributed by atoms with Crippen LogP contribution in [0, 0.1) is 11.7 Å². The molecule has 0 radical (unpaired) electrons. The molecule has 2 aliphatic carbocycles. The van der Waals surface area contributed by atoms with E-state index in [2.05, 4.69) is 17.0 Å². The van der Waals surface area contributed by atoms with E-state index < -0.39 is 0 Å². The fraction of sp³-hybridized carbons (Fsp3) is 0.350. The van der Waals surface area contributed by atoms with Crippen LogP contribution in [0.5, 0.6) is 0 Å². The largest absolute Gasteiger partial charge is 0.335 e. The maximum Gasteiger partial charge on any atom is 0.226 e. The van der Waals surface area contributed by atoms with Gasteiger partial charge in [-0.1, -0.05) is 42.5 Å². The van der Waals surface area contributed by atoms with Crippen LogP contribution in [0.1, 0.15) is 36.3 Å². The number of hydrogen-bond acceptors (Lipinski definition) is 1. The number of benzene rings is 2. The van der Waals surface area contributed by atoms with Crippen molar-refractivity contribution in [3.8, 4) is 0 Å². The van der Waals surface area contributed by atoms with E-state index in [-0.39, 0.29) is 23.6 Å². The predicted molar refractivity (Wildman–Crippen MR) is 87.3 cm³/mol. The van der Waals surface area contributed by atoms with Crippen molar-refractivity contribution >= 4 is 5.91 Å². The molecule has 0 aliphatic heterocycles.